The van der Waals surface area contributed by atoms with Crippen LogP contribution in [0.15, 0.2) is 24.3 Å². The van der Waals surface area contributed by atoms with Gasteiger partial charge < -0.3 is 19.5 Å². The van der Waals surface area contributed by atoms with Crippen molar-refractivity contribution in [2.45, 2.75) is 45.5 Å². The van der Waals surface area contributed by atoms with Crippen molar-refractivity contribution in [3.63, 3.8) is 0 Å². The molecule has 4 nitrogen and oxygen atoms in total. The molecule has 1 rings (SSSR count). The van der Waals surface area contributed by atoms with Crippen molar-refractivity contribution >= 4 is 12.6 Å². The molecule has 0 amide bonds. The number of hydrogen-bond donors (Lipinski definition) is 2. The van der Waals surface area contributed by atoms with E-state index in [-0.39, 0.29) is 11.2 Å². The summed E-state index contributed by atoms with van der Waals surface area (Å²) in [5.74, 6) is -0.165. The third kappa shape index (κ3) is 4.16. The summed E-state index contributed by atoms with van der Waals surface area (Å²) >= 11 is 0. The van der Waals surface area contributed by atoms with Crippen LogP contribution < -0.4 is 10.2 Å². The van der Waals surface area contributed by atoms with E-state index < -0.39 is 24.9 Å². The van der Waals surface area contributed by atoms with Gasteiger partial charge in [0, 0.05) is 5.46 Å². The zero-order chi connectivity index (χ0) is 15.6. The normalized spacial score (nSPS) is 12.7. The minimum Gasteiger partial charge on any atom is -0.435 e. The molecule has 0 heterocycles. The van der Waals surface area contributed by atoms with E-state index in [2.05, 4.69) is 4.74 Å². The fraction of sp³-hybridized carbons (Fsp3) is 0.538. The molecule has 0 saturated carbocycles. The molecule has 0 saturated heterocycles. The van der Waals surface area contributed by atoms with Crippen LogP contribution in [-0.2, 0) is 4.65 Å². The molecule has 7 heteroatoms. The lowest BCUT2D eigenvalue weighted by Gasteiger charge is -2.38. The van der Waals surface area contributed by atoms with Crippen LogP contribution in [0.3, 0.4) is 0 Å². The number of aliphatic hydroxyl groups is 1. The molecule has 0 aliphatic carbocycles. The first-order chi connectivity index (χ1) is 9.04. The average Bonchev–Trinajstić information content (AvgIpc) is 2.26. The molecule has 112 valence electrons. The summed E-state index contributed by atoms with van der Waals surface area (Å²) in [6.45, 7) is 3.24. The quantitative estimate of drug-likeness (QED) is 0.780. The molecule has 0 bridgehead atoms. The second-order valence-electron chi connectivity index (χ2n) is 5.46. The summed E-state index contributed by atoms with van der Waals surface area (Å²) in [5, 5.41) is 20.0. The van der Waals surface area contributed by atoms with E-state index in [1.165, 1.54) is 32.0 Å². The number of hydrogen-bond acceptors (Lipinski definition) is 4. The Kier molecular flexibility index (Phi) is 5.12. The highest BCUT2D eigenvalue weighted by atomic mass is 19.3. The number of rotatable bonds is 6. The van der Waals surface area contributed by atoms with Crippen molar-refractivity contribution in [3.05, 3.63) is 24.3 Å². The Bertz CT molecular complexity index is 446. The smallest absolute Gasteiger partial charge is 0.435 e. The molecular formula is C13H19BF2O4. The van der Waals surface area contributed by atoms with Gasteiger partial charge in [-0.15, -0.1) is 0 Å². The maximum atomic E-state index is 12.3. The Balaban J connectivity index is 2.96. The maximum Gasteiger partial charge on any atom is 0.495 e. The summed E-state index contributed by atoms with van der Waals surface area (Å²) in [7, 11) is -1.49. The topological polar surface area (TPSA) is 58.9 Å². The molecule has 20 heavy (non-hydrogen) atoms. The zero-order valence-corrected chi connectivity index (χ0v) is 11.9. The Morgan fingerprint density at radius 1 is 1.15 bits per heavy atom. The van der Waals surface area contributed by atoms with Gasteiger partial charge in [0.1, 0.15) is 5.75 Å². The van der Waals surface area contributed by atoms with Crippen molar-refractivity contribution in [1.82, 2.24) is 0 Å². The molecule has 0 spiro atoms. The van der Waals surface area contributed by atoms with E-state index in [4.69, 9.17) is 4.65 Å². The predicted octanol–water partition coefficient (Wildman–Crippen LogP) is 1.54. The van der Waals surface area contributed by atoms with Gasteiger partial charge in [-0.3, -0.25) is 0 Å². The van der Waals surface area contributed by atoms with Gasteiger partial charge in [0.25, 0.3) is 0 Å². The standard InChI is InChI=1S/C13H19BF2O4/c1-12(2,17)13(3,4)20-14(18)9-7-5-6-8-10(9)19-11(15)16/h5-8,11,17-18H,1-4H3. The Morgan fingerprint density at radius 3 is 2.20 bits per heavy atom. The van der Waals surface area contributed by atoms with Crippen molar-refractivity contribution in [3.8, 4) is 5.75 Å². The minimum atomic E-state index is -2.99. The van der Waals surface area contributed by atoms with E-state index in [1.807, 2.05) is 0 Å². The number of benzene rings is 1. The Labute approximate surface area is 117 Å². The first-order valence-electron chi connectivity index (χ1n) is 6.16. The van der Waals surface area contributed by atoms with Crippen LogP contribution in [0, 0.1) is 0 Å². The van der Waals surface area contributed by atoms with E-state index in [1.54, 1.807) is 19.9 Å². The number of alkyl halides is 2. The molecule has 0 aromatic heterocycles. The summed E-state index contributed by atoms with van der Waals surface area (Å²) in [5.41, 5.74) is -2.25. The van der Waals surface area contributed by atoms with Crippen LogP contribution in [0.25, 0.3) is 0 Å². The van der Waals surface area contributed by atoms with Crippen molar-refractivity contribution in [1.29, 1.82) is 0 Å². The van der Waals surface area contributed by atoms with Gasteiger partial charge in [-0.05, 0) is 33.8 Å². The van der Waals surface area contributed by atoms with Crippen LogP contribution >= 0.6 is 0 Å². The Morgan fingerprint density at radius 2 is 1.70 bits per heavy atom. The molecule has 0 radical (unpaired) electrons. The third-order valence-corrected chi connectivity index (χ3v) is 3.28. The fourth-order valence-electron chi connectivity index (χ4n) is 1.37. The lowest BCUT2D eigenvalue weighted by atomic mass is 9.76. The van der Waals surface area contributed by atoms with Gasteiger partial charge in [0.15, 0.2) is 0 Å². The van der Waals surface area contributed by atoms with E-state index >= 15 is 0 Å². The lowest BCUT2D eigenvalue weighted by Crippen LogP contribution is -2.53. The van der Waals surface area contributed by atoms with Crippen LogP contribution in [0.2, 0.25) is 0 Å². The third-order valence-electron chi connectivity index (χ3n) is 3.28. The summed E-state index contributed by atoms with van der Waals surface area (Å²) < 4.78 is 34.3. The van der Waals surface area contributed by atoms with Crippen LogP contribution in [0.4, 0.5) is 8.78 Å². The highest BCUT2D eigenvalue weighted by Crippen LogP contribution is 2.26. The van der Waals surface area contributed by atoms with Crippen LogP contribution in [-0.4, -0.2) is 35.1 Å². The van der Waals surface area contributed by atoms with Crippen LogP contribution in [0.1, 0.15) is 27.7 Å². The first-order valence-corrected chi connectivity index (χ1v) is 6.16. The fourth-order valence-corrected chi connectivity index (χ4v) is 1.37. The molecule has 1 aromatic carbocycles. The summed E-state index contributed by atoms with van der Waals surface area (Å²) in [4.78, 5) is 0. The largest absolute Gasteiger partial charge is 0.495 e. The van der Waals surface area contributed by atoms with Gasteiger partial charge in [0.2, 0.25) is 0 Å². The second-order valence-corrected chi connectivity index (χ2v) is 5.46. The van der Waals surface area contributed by atoms with Gasteiger partial charge in [-0.2, -0.15) is 8.78 Å². The predicted molar refractivity (Wildman–Crippen MR) is 72.1 cm³/mol. The van der Waals surface area contributed by atoms with Gasteiger partial charge in [-0.25, -0.2) is 0 Å². The highest BCUT2D eigenvalue weighted by molar-refractivity contribution is 6.61. The maximum absolute atomic E-state index is 12.3. The van der Waals surface area contributed by atoms with Crippen molar-refractivity contribution in [2.24, 2.45) is 0 Å². The van der Waals surface area contributed by atoms with Crippen molar-refractivity contribution < 1.29 is 28.3 Å². The average molecular weight is 288 g/mol. The van der Waals surface area contributed by atoms with Gasteiger partial charge in [0.05, 0.1) is 11.2 Å². The lowest BCUT2D eigenvalue weighted by molar-refractivity contribution is -0.0984. The molecule has 0 aliphatic rings. The minimum absolute atomic E-state index is 0.0742. The molecule has 2 N–H and O–H groups in total. The first kappa shape index (κ1) is 16.9. The molecule has 0 atom stereocenters. The van der Waals surface area contributed by atoms with Gasteiger partial charge >= 0.3 is 13.7 Å². The monoisotopic (exact) mass is 288 g/mol. The molecule has 0 aliphatic heterocycles. The van der Waals surface area contributed by atoms with E-state index in [9.17, 15) is 18.9 Å². The Hall–Kier alpha value is -1.18. The number of para-hydroxylation sites is 1. The summed E-state index contributed by atoms with van der Waals surface area (Å²) in [6.07, 6.45) is 0. The van der Waals surface area contributed by atoms with Crippen LogP contribution in [0.5, 0.6) is 5.75 Å². The molecule has 1 aromatic rings. The summed E-state index contributed by atoms with van der Waals surface area (Å²) in [6, 6.07) is 5.81. The number of ether oxygens (including phenoxy) is 1. The van der Waals surface area contributed by atoms with Gasteiger partial charge in [-0.1, -0.05) is 18.2 Å². The molecule has 0 fully saturated rings. The molecular weight excluding hydrogens is 269 g/mol. The van der Waals surface area contributed by atoms with E-state index in [0.717, 1.165) is 0 Å². The number of halogens is 2. The second kappa shape index (κ2) is 6.07. The molecule has 0 unspecified atom stereocenters. The van der Waals surface area contributed by atoms with E-state index in [0.29, 0.717) is 0 Å². The van der Waals surface area contributed by atoms with Crippen molar-refractivity contribution in [2.75, 3.05) is 0 Å². The zero-order valence-electron chi connectivity index (χ0n) is 11.9. The SMILES string of the molecule is CC(C)(O)C(C)(C)OB(O)c1ccccc1OC(F)F. The highest BCUT2D eigenvalue weighted by Gasteiger charge is 2.40.